The number of aliphatic imine (C=N–C) groups is 1. The zero-order chi connectivity index (χ0) is 18.9. The van der Waals surface area contributed by atoms with Crippen LogP contribution in [0, 0.1) is 15.9 Å². The molecular weight excluding hydrogens is 339 g/mol. The van der Waals surface area contributed by atoms with Crippen molar-refractivity contribution in [1.29, 1.82) is 0 Å². The van der Waals surface area contributed by atoms with Crippen molar-refractivity contribution in [3.8, 4) is 5.75 Å². The third kappa shape index (κ3) is 5.73. The van der Waals surface area contributed by atoms with Crippen LogP contribution in [0.5, 0.6) is 5.75 Å². The fourth-order valence-corrected chi connectivity index (χ4v) is 2.18. The van der Waals surface area contributed by atoms with Crippen LogP contribution in [-0.4, -0.2) is 30.6 Å². The number of halogens is 1. The molecule has 2 N–H and O–H groups in total. The molecular formula is C18H21FN4O3. The molecule has 2 aromatic carbocycles. The smallest absolute Gasteiger partial charge is 0.269 e. The SMILES string of the molecule is CN=C(NCc1ccc([N+](=O)[O-])cc1)NCC(C)Oc1ccccc1F. The van der Waals surface area contributed by atoms with Crippen molar-refractivity contribution in [2.45, 2.75) is 19.6 Å². The summed E-state index contributed by atoms with van der Waals surface area (Å²) in [5, 5.41) is 16.8. The Morgan fingerprint density at radius 1 is 1.23 bits per heavy atom. The number of nitro groups is 1. The van der Waals surface area contributed by atoms with E-state index in [-0.39, 0.29) is 17.5 Å². The highest BCUT2D eigenvalue weighted by Gasteiger charge is 2.09. The molecule has 1 unspecified atom stereocenters. The van der Waals surface area contributed by atoms with Gasteiger partial charge in [0, 0.05) is 25.7 Å². The number of ether oxygens (including phenoxy) is 1. The molecule has 8 heteroatoms. The van der Waals surface area contributed by atoms with Crippen molar-refractivity contribution in [2.24, 2.45) is 4.99 Å². The van der Waals surface area contributed by atoms with Gasteiger partial charge in [0.2, 0.25) is 0 Å². The first-order chi connectivity index (χ1) is 12.5. The van der Waals surface area contributed by atoms with E-state index in [1.807, 2.05) is 6.92 Å². The molecule has 26 heavy (non-hydrogen) atoms. The molecule has 0 fully saturated rings. The van der Waals surface area contributed by atoms with Crippen molar-refractivity contribution in [3.05, 3.63) is 70.0 Å². The highest BCUT2D eigenvalue weighted by Crippen LogP contribution is 2.16. The van der Waals surface area contributed by atoms with Crippen LogP contribution in [0.4, 0.5) is 10.1 Å². The number of benzene rings is 2. The van der Waals surface area contributed by atoms with Crippen LogP contribution in [-0.2, 0) is 6.54 Å². The van der Waals surface area contributed by atoms with Gasteiger partial charge in [0.05, 0.1) is 11.5 Å². The number of hydrogen-bond acceptors (Lipinski definition) is 4. The molecule has 0 aliphatic carbocycles. The van der Waals surface area contributed by atoms with Gasteiger partial charge in [-0.2, -0.15) is 0 Å². The van der Waals surface area contributed by atoms with E-state index in [1.165, 1.54) is 18.2 Å². The maximum Gasteiger partial charge on any atom is 0.269 e. The van der Waals surface area contributed by atoms with Crippen LogP contribution in [0.15, 0.2) is 53.5 Å². The number of nitrogens with one attached hydrogen (secondary N) is 2. The molecule has 138 valence electrons. The second kappa shape index (κ2) is 9.36. The molecule has 0 saturated carbocycles. The number of hydrogen-bond donors (Lipinski definition) is 2. The highest BCUT2D eigenvalue weighted by molar-refractivity contribution is 5.79. The van der Waals surface area contributed by atoms with Crippen molar-refractivity contribution < 1.29 is 14.1 Å². The molecule has 2 aromatic rings. The van der Waals surface area contributed by atoms with Gasteiger partial charge in [-0.25, -0.2) is 4.39 Å². The Balaban J connectivity index is 1.80. The van der Waals surface area contributed by atoms with Gasteiger partial charge in [0.15, 0.2) is 17.5 Å². The summed E-state index contributed by atoms with van der Waals surface area (Å²) in [6.45, 7) is 2.71. The third-order valence-corrected chi connectivity index (χ3v) is 3.55. The fourth-order valence-electron chi connectivity index (χ4n) is 2.18. The first kappa shape index (κ1) is 19.2. The van der Waals surface area contributed by atoms with Gasteiger partial charge in [-0.3, -0.25) is 15.1 Å². The number of para-hydroxylation sites is 1. The summed E-state index contributed by atoms with van der Waals surface area (Å²) < 4.78 is 19.1. The Kier molecular flexibility index (Phi) is 6.90. The molecule has 0 aliphatic heterocycles. The highest BCUT2D eigenvalue weighted by atomic mass is 19.1. The Morgan fingerprint density at radius 3 is 2.54 bits per heavy atom. The number of nitrogens with zero attached hydrogens (tertiary/aromatic N) is 2. The number of rotatable bonds is 7. The van der Waals surface area contributed by atoms with Gasteiger partial charge in [0.1, 0.15) is 6.10 Å². The maximum absolute atomic E-state index is 13.6. The predicted molar refractivity (Wildman–Crippen MR) is 97.8 cm³/mol. The summed E-state index contributed by atoms with van der Waals surface area (Å²) in [6, 6.07) is 12.5. The van der Waals surface area contributed by atoms with E-state index >= 15 is 0 Å². The molecule has 0 saturated heterocycles. The van der Waals surface area contributed by atoms with Gasteiger partial charge in [0.25, 0.3) is 5.69 Å². The van der Waals surface area contributed by atoms with Crippen molar-refractivity contribution in [2.75, 3.05) is 13.6 Å². The summed E-state index contributed by atoms with van der Waals surface area (Å²) in [5.41, 5.74) is 0.935. The minimum absolute atomic E-state index is 0.0513. The predicted octanol–water partition coefficient (Wildman–Crippen LogP) is 2.87. The number of non-ortho nitro benzene ring substituents is 1. The molecule has 0 heterocycles. The largest absolute Gasteiger partial charge is 0.486 e. The van der Waals surface area contributed by atoms with Crippen LogP contribution in [0.1, 0.15) is 12.5 Å². The first-order valence-electron chi connectivity index (χ1n) is 8.08. The first-order valence-corrected chi connectivity index (χ1v) is 8.08. The molecule has 2 rings (SSSR count). The van der Waals surface area contributed by atoms with Gasteiger partial charge in [-0.1, -0.05) is 24.3 Å². The van der Waals surface area contributed by atoms with Crippen molar-refractivity contribution in [1.82, 2.24) is 10.6 Å². The Labute approximate surface area is 151 Å². The average Bonchev–Trinajstić information content (AvgIpc) is 2.64. The summed E-state index contributed by atoms with van der Waals surface area (Å²) in [4.78, 5) is 14.3. The molecule has 0 radical (unpaired) electrons. The zero-order valence-electron chi connectivity index (χ0n) is 14.6. The van der Waals surface area contributed by atoms with Gasteiger partial charge in [-0.15, -0.1) is 0 Å². The van der Waals surface area contributed by atoms with Crippen LogP contribution >= 0.6 is 0 Å². The second-order valence-electron chi connectivity index (χ2n) is 5.59. The van der Waals surface area contributed by atoms with E-state index in [0.29, 0.717) is 19.0 Å². The lowest BCUT2D eigenvalue weighted by Gasteiger charge is -2.18. The summed E-state index contributed by atoms with van der Waals surface area (Å²) >= 11 is 0. The summed E-state index contributed by atoms with van der Waals surface area (Å²) in [6.07, 6.45) is -0.273. The topological polar surface area (TPSA) is 88.8 Å². The van der Waals surface area contributed by atoms with Crippen molar-refractivity contribution in [3.63, 3.8) is 0 Å². The van der Waals surface area contributed by atoms with E-state index < -0.39 is 10.7 Å². The van der Waals surface area contributed by atoms with E-state index in [4.69, 9.17) is 4.74 Å². The Hall–Kier alpha value is -3.16. The Bertz CT molecular complexity index is 765. The maximum atomic E-state index is 13.6. The minimum atomic E-state index is -0.436. The van der Waals surface area contributed by atoms with Crippen LogP contribution in [0.3, 0.4) is 0 Å². The lowest BCUT2D eigenvalue weighted by atomic mass is 10.2. The van der Waals surface area contributed by atoms with E-state index in [0.717, 1.165) is 5.56 Å². The monoisotopic (exact) mass is 360 g/mol. The van der Waals surface area contributed by atoms with Crippen molar-refractivity contribution >= 4 is 11.6 Å². The third-order valence-electron chi connectivity index (χ3n) is 3.55. The van der Waals surface area contributed by atoms with Crippen LogP contribution in [0.2, 0.25) is 0 Å². The van der Waals surface area contributed by atoms with Gasteiger partial charge >= 0.3 is 0 Å². The second-order valence-corrected chi connectivity index (χ2v) is 5.59. The summed E-state index contributed by atoms with van der Waals surface area (Å²) in [5.74, 6) is 0.350. The van der Waals surface area contributed by atoms with Gasteiger partial charge < -0.3 is 15.4 Å². The summed E-state index contributed by atoms with van der Waals surface area (Å²) in [7, 11) is 1.63. The lowest BCUT2D eigenvalue weighted by molar-refractivity contribution is -0.384. The molecule has 1 atom stereocenters. The van der Waals surface area contributed by atoms with E-state index in [2.05, 4.69) is 15.6 Å². The Morgan fingerprint density at radius 2 is 1.92 bits per heavy atom. The van der Waals surface area contributed by atoms with Gasteiger partial charge in [-0.05, 0) is 24.6 Å². The zero-order valence-corrected chi connectivity index (χ0v) is 14.6. The molecule has 0 amide bonds. The molecule has 0 spiro atoms. The quantitative estimate of drug-likeness (QED) is 0.343. The molecule has 0 aromatic heterocycles. The average molecular weight is 360 g/mol. The molecule has 0 bridgehead atoms. The lowest BCUT2D eigenvalue weighted by Crippen LogP contribution is -2.41. The minimum Gasteiger partial charge on any atom is -0.486 e. The number of nitro benzene ring substituents is 1. The van der Waals surface area contributed by atoms with Crippen LogP contribution in [0.25, 0.3) is 0 Å². The van der Waals surface area contributed by atoms with E-state index in [1.54, 1.807) is 37.4 Å². The van der Waals surface area contributed by atoms with E-state index in [9.17, 15) is 14.5 Å². The standard InChI is InChI=1S/C18H21FN4O3/c1-13(26-17-6-4-3-5-16(17)19)11-21-18(20-2)22-12-14-7-9-15(10-8-14)23(24)25/h3-10,13H,11-12H2,1-2H3,(H2,20,21,22). The fraction of sp³-hybridized carbons (Fsp3) is 0.278. The van der Waals surface area contributed by atoms with Crippen LogP contribution < -0.4 is 15.4 Å². The normalized spacial score (nSPS) is 12.3. The molecule has 0 aliphatic rings. The molecule has 7 nitrogen and oxygen atoms in total. The number of guanidine groups is 1.